The Balaban J connectivity index is 0.00000676. The van der Waals surface area contributed by atoms with Crippen molar-refractivity contribution >= 4 is 0 Å². The molecular formula is C25H47NO. The lowest BCUT2D eigenvalue weighted by molar-refractivity contribution is 0.295. The normalized spacial score (nSPS) is 10.9. The average Bonchev–Trinajstić information content (AvgIpc) is 2.68. The Labute approximate surface area is 170 Å². The van der Waals surface area contributed by atoms with Gasteiger partial charge in [-0.25, -0.2) is 0 Å². The van der Waals surface area contributed by atoms with Crippen molar-refractivity contribution in [3.05, 3.63) is 35.9 Å². The van der Waals surface area contributed by atoms with Crippen LogP contribution in [-0.2, 0) is 6.42 Å². The molecule has 0 saturated carbocycles. The van der Waals surface area contributed by atoms with E-state index >= 15 is 0 Å². The van der Waals surface area contributed by atoms with Crippen LogP contribution in [0.25, 0.3) is 0 Å². The van der Waals surface area contributed by atoms with E-state index in [1.165, 1.54) is 115 Å². The van der Waals surface area contributed by atoms with Crippen molar-refractivity contribution in [2.24, 2.45) is 0 Å². The molecule has 0 heterocycles. The molecule has 0 aliphatic heterocycles. The third-order valence-electron chi connectivity index (χ3n) is 5.68. The van der Waals surface area contributed by atoms with Crippen LogP contribution in [0.2, 0.25) is 0 Å². The van der Waals surface area contributed by atoms with Crippen LogP contribution >= 0.6 is 0 Å². The van der Waals surface area contributed by atoms with E-state index in [2.05, 4.69) is 49.1 Å². The Hall–Kier alpha value is -0.860. The summed E-state index contributed by atoms with van der Waals surface area (Å²) in [5, 5.41) is 0. The van der Waals surface area contributed by atoms with Gasteiger partial charge < -0.3 is 10.4 Å². The van der Waals surface area contributed by atoms with Crippen LogP contribution in [0, 0.1) is 0 Å². The molecule has 1 rings (SSSR count). The SMILES string of the molecule is CCN(CC)CCCCCCCCCCCCCCCc1ccccc1.O. The predicted octanol–water partition coefficient (Wildman–Crippen LogP) is 6.82. The zero-order chi connectivity index (χ0) is 18.7. The fraction of sp³-hybridized carbons (Fsp3) is 0.760. The van der Waals surface area contributed by atoms with Gasteiger partial charge in [0, 0.05) is 0 Å². The second-order valence-corrected chi connectivity index (χ2v) is 7.86. The molecule has 0 aromatic heterocycles. The number of benzene rings is 1. The summed E-state index contributed by atoms with van der Waals surface area (Å²) in [7, 11) is 0. The Kier molecular flexibility index (Phi) is 19.3. The highest BCUT2D eigenvalue weighted by Crippen LogP contribution is 2.13. The molecule has 0 aliphatic carbocycles. The Morgan fingerprint density at radius 1 is 0.556 bits per heavy atom. The quantitative estimate of drug-likeness (QED) is 0.258. The van der Waals surface area contributed by atoms with Gasteiger partial charge >= 0.3 is 0 Å². The van der Waals surface area contributed by atoms with Crippen LogP contribution in [0.15, 0.2) is 30.3 Å². The van der Waals surface area contributed by atoms with Crippen molar-refractivity contribution in [2.75, 3.05) is 19.6 Å². The van der Waals surface area contributed by atoms with Gasteiger partial charge in [-0.05, 0) is 44.5 Å². The minimum Gasteiger partial charge on any atom is -0.412 e. The molecule has 0 atom stereocenters. The molecule has 0 amide bonds. The molecule has 0 aliphatic rings. The number of hydrogen-bond donors (Lipinski definition) is 0. The van der Waals surface area contributed by atoms with Crippen LogP contribution in [0.1, 0.15) is 103 Å². The maximum absolute atomic E-state index is 2.54. The molecule has 0 radical (unpaired) electrons. The highest BCUT2D eigenvalue weighted by Gasteiger charge is 1.98. The predicted molar refractivity (Wildman–Crippen MR) is 122 cm³/mol. The van der Waals surface area contributed by atoms with E-state index in [9.17, 15) is 0 Å². The summed E-state index contributed by atoms with van der Waals surface area (Å²) >= 11 is 0. The lowest BCUT2D eigenvalue weighted by Crippen LogP contribution is -2.23. The fourth-order valence-corrected chi connectivity index (χ4v) is 3.79. The van der Waals surface area contributed by atoms with Crippen molar-refractivity contribution in [1.82, 2.24) is 4.90 Å². The first kappa shape index (κ1) is 26.1. The molecule has 27 heavy (non-hydrogen) atoms. The van der Waals surface area contributed by atoms with Crippen LogP contribution in [0.5, 0.6) is 0 Å². The van der Waals surface area contributed by atoms with Crippen molar-refractivity contribution in [3.8, 4) is 0 Å². The van der Waals surface area contributed by atoms with Gasteiger partial charge in [0.1, 0.15) is 0 Å². The molecule has 0 bridgehead atoms. The van der Waals surface area contributed by atoms with Gasteiger partial charge in [-0.3, -0.25) is 0 Å². The maximum atomic E-state index is 2.54. The number of nitrogens with zero attached hydrogens (tertiary/aromatic N) is 1. The van der Waals surface area contributed by atoms with Crippen LogP contribution in [-0.4, -0.2) is 30.0 Å². The monoisotopic (exact) mass is 377 g/mol. The first-order valence-electron chi connectivity index (χ1n) is 11.6. The molecule has 0 spiro atoms. The Morgan fingerprint density at radius 2 is 0.963 bits per heavy atom. The standard InChI is InChI=1S/C25H45N.H2O/c1-3-26(4-2)24-20-15-13-11-9-7-5-6-8-10-12-14-17-21-25-22-18-16-19-23-25;/h16,18-19,22-23H,3-15,17,20-21,24H2,1-2H3;1H2. The van der Waals surface area contributed by atoms with E-state index in [0.717, 1.165) is 0 Å². The zero-order valence-electron chi connectivity index (χ0n) is 18.4. The first-order valence-corrected chi connectivity index (χ1v) is 11.6. The molecule has 2 N–H and O–H groups in total. The molecular weight excluding hydrogens is 330 g/mol. The van der Waals surface area contributed by atoms with Gasteiger partial charge in [0.15, 0.2) is 0 Å². The van der Waals surface area contributed by atoms with Crippen LogP contribution in [0.4, 0.5) is 0 Å². The molecule has 0 unspecified atom stereocenters. The third kappa shape index (κ3) is 15.9. The van der Waals surface area contributed by atoms with E-state index < -0.39 is 0 Å². The summed E-state index contributed by atoms with van der Waals surface area (Å²) < 4.78 is 0. The van der Waals surface area contributed by atoms with Gasteiger partial charge in [-0.15, -0.1) is 0 Å². The van der Waals surface area contributed by atoms with Gasteiger partial charge in [-0.2, -0.15) is 0 Å². The Bertz CT molecular complexity index is 389. The first-order chi connectivity index (χ1) is 12.9. The summed E-state index contributed by atoms with van der Waals surface area (Å²) in [4.78, 5) is 2.54. The van der Waals surface area contributed by atoms with E-state index in [1.54, 1.807) is 0 Å². The minimum atomic E-state index is 0. The van der Waals surface area contributed by atoms with Crippen molar-refractivity contribution in [2.45, 2.75) is 104 Å². The molecule has 2 heteroatoms. The number of unbranched alkanes of at least 4 members (excludes halogenated alkanes) is 12. The van der Waals surface area contributed by atoms with Gasteiger partial charge in [-0.1, -0.05) is 115 Å². The van der Waals surface area contributed by atoms with Crippen molar-refractivity contribution in [3.63, 3.8) is 0 Å². The van der Waals surface area contributed by atoms with Gasteiger partial charge in [0.05, 0.1) is 0 Å². The van der Waals surface area contributed by atoms with Crippen molar-refractivity contribution in [1.29, 1.82) is 0 Å². The van der Waals surface area contributed by atoms with E-state index in [1.807, 2.05) is 0 Å². The fourth-order valence-electron chi connectivity index (χ4n) is 3.79. The summed E-state index contributed by atoms with van der Waals surface area (Å²) in [6.45, 7) is 8.27. The van der Waals surface area contributed by atoms with Gasteiger partial charge in [0.2, 0.25) is 0 Å². The highest BCUT2D eigenvalue weighted by molar-refractivity contribution is 5.14. The lowest BCUT2D eigenvalue weighted by Gasteiger charge is -2.17. The summed E-state index contributed by atoms with van der Waals surface area (Å²) in [6, 6.07) is 10.9. The maximum Gasteiger partial charge on any atom is -0.00190 e. The molecule has 158 valence electrons. The van der Waals surface area contributed by atoms with E-state index in [-0.39, 0.29) is 5.48 Å². The van der Waals surface area contributed by atoms with E-state index in [4.69, 9.17) is 0 Å². The number of rotatable bonds is 18. The molecule has 0 saturated heterocycles. The van der Waals surface area contributed by atoms with Crippen LogP contribution < -0.4 is 0 Å². The topological polar surface area (TPSA) is 34.7 Å². The molecule has 1 aromatic rings. The average molecular weight is 378 g/mol. The van der Waals surface area contributed by atoms with E-state index in [0.29, 0.717) is 0 Å². The molecule has 2 nitrogen and oxygen atoms in total. The largest absolute Gasteiger partial charge is 0.412 e. The smallest absolute Gasteiger partial charge is 0.00190 e. The summed E-state index contributed by atoms with van der Waals surface area (Å²) in [5.41, 5.74) is 1.50. The lowest BCUT2D eigenvalue weighted by atomic mass is 10.0. The molecule has 0 fully saturated rings. The minimum absolute atomic E-state index is 0. The highest BCUT2D eigenvalue weighted by atomic mass is 16.0. The number of hydrogen-bond acceptors (Lipinski definition) is 1. The third-order valence-corrected chi connectivity index (χ3v) is 5.68. The Morgan fingerprint density at radius 3 is 1.41 bits per heavy atom. The number of aryl methyl sites for hydroxylation is 1. The van der Waals surface area contributed by atoms with Gasteiger partial charge in [0.25, 0.3) is 0 Å². The molecule has 1 aromatic carbocycles. The zero-order valence-corrected chi connectivity index (χ0v) is 18.4. The summed E-state index contributed by atoms with van der Waals surface area (Å²) in [5.74, 6) is 0. The van der Waals surface area contributed by atoms with Crippen LogP contribution in [0.3, 0.4) is 0 Å². The second kappa shape index (κ2) is 19.9. The summed E-state index contributed by atoms with van der Waals surface area (Å²) in [6.07, 6.45) is 19.9. The second-order valence-electron chi connectivity index (χ2n) is 7.86. The van der Waals surface area contributed by atoms with Crippen molar-refractivity contribution < 1.29 is 5.48 Å².